The molecule has 1 aromatic carbocycles. The molecular weight excluding hydrogens is 408 g/mol. The normalized spacial score (nSPS) is 18.6. The number of thiazole rings is 1. The van der Waals surface area contributed by atoms with Crippen LogP contribution >= 0.6 is 11.3 Å². The molecule has 2 aliphatic heterocycles. The van der Waals surface area contributed by atoms with E-state index in [1.54, 1.807) is 28.0 Å². The van der Waals surface area contributed by atoms with Gasteiger partial charge in [0.05, 0.1) is 5.69 Å². The van der Waals surface area contributed by atoms with Gasteiger partial charge in [-0.05, 0) is 50.3 Å². The van der Waals surface area contributed by atoms with Gasteiger partial charge in [-0.1, -0.05) is 6.42 Å². The molecule has 0 bridgehead atoms. The number of nitrogens with zero attached hydrogens (tertiary/aromatic N) is 3. The van der Waals surface area contributed by atoms with E-state index in [0.29, 0.717) is 29.5 Å². The van der Waals surface area contributed by atoms with E-state index in [9.17, 15) is 13.2 Å². The Morgan fingerprint density at radius 3 is 2.34 bits per heavy atom. The van der Waals surface area contributed by atoms with Crippen molar-refractivity contribution in [2.75, 3.05) is 36.4 Å². The number of amides is 1. The average molecular weight is 435 g/mol. The molecule has 0 radical (unpaired) electrons. The average Bonchev–Trinajstić information content (AvgIpc) is 3.27. The molecule has 1 aromatic heterocycles. The Kier molecular flexibility index (Phi) is 6.17. The third-order valence-electron chi connectivity index (χ3n) is 5.50. The maximum atomic E-state index is 13.5. The van der Waals surface area contributed by atoms with E-state index >= 15 is 0 Å². The molecule has 0 spiro atoms. The molecule has 1 N–H and O–H groups in total. The van der Waals surface area contributed by atoms with Crippen LogP contribution in [0.1, 0.15) is 48.9 Å². The van der Waals surface area contributed by atoms with Crippen molar-refractivity contribution < 1.29 is 13.2 Å². The molecule has 0 saturated carbocycles. The Hall–Kier alpha value is -1.97. The van der Waals surface area contributed by atoms with Gasteiger partial charge >= 0.3 is 0 Å². The zero-order chi connectivity index (χ0) is 20.3. The number of sulfonamides is 1. The first-order chi connectivity index (χ1) is 14.1. The van der Waals surface area contributed by atoms with E-state index < -0.39 is 10.0 Å². The molecule has 2 fully saturated rings. The zero-order valence-corrected chi connectivity index (χ0v) is 18.0. The van der Waals surface area contributed by atoms with E-state index in [2.05, 4.69) is 15.2 Å². The molecule has 2 aromatic rings. The molecule has 0 aliphatic carbocycles. The minimum Gasteiger partial charge on any atom is -0.370 e. The molecule has 2 aliphatic rings. The van der Waals surface area contributed by atoms with E-state index in [1.807, 2.05) is 0 Å². The monoisotopic (exact) mass is 434 g/mol. The molecule has 1 amide bonds. The second kappa shape index (κ2) is 8.81. The van der Waals surface area contributed by atoms with E-state index in [1.165, 1.54) is 23.8 Å². The summed E-state index contributed by atoms with van der Waals surface area (Å²) in [6.07, 6.45) is 7.70. The summed E-state index contributed by atoms with van der Waals surface area (Å²) in [5.41, 5.74) is 1.04. The molecule has 0 unspecified atom stereocenters. The van der Waals surface area contributed by atoms with Crippen LogP contribution in [0.3, 0.4) is 0 Å². The molecule has 156 valence electrons. The Balaban J connectivity index is 1.70. The summed E-state index contributed by atoms with van der Waals surface area (Å²) < 4.78 is 28.6. The lowest BCUT2D eigenvalue weighted by Crippen LogP contribution is -2.37. The van der Waals surface area contributed by atoms with Gasteiger partial charge in [0.25, 0.3) is 5.91 Å². The van der Waals surface area contributed by atoms with Gasteiger partial charge in [-0.15, -0.1) is 11.3 Å². The van der Waals surface area contributed by atoms with Gasteiger partial charge in [-0.25, -0.2) is 13.4 Å². The zero-order valence-electron chi connectivity index (χ0n) is 16.3. The van der Waals surface area contributed by atoms with Gasteiger partial charge in [0.2, 0.25) is 10.0 Å². The maximum absolute atomic E-state index is 13.5. The fourth-order valence-electron chi connectivity index (χ4n) is 3.96. The quantitative estimate of drug-likeness (QED) is 0.778. The predicted molar refractivity (Wildman–Crippen MR) is 115 cm³/mol. The lowest BCUT2D eigenvalue weighted by Gasteiger charge is -2.33. The summed E-state index contributed by atoms with van der Waals surface area (Å²) in [4.78, 5) is 19.1. The molecular formula is C20H26N4O3S2. The van der Waals surface area contributed by atoms with Gasteiger partial charge in [0.1, 0.15) is 4.90 Å². The number of rotatable bonds is 5. The summed E-state index contributed by atoms with van der Waals surface area (Å²) in [6.45, 7) is 2.76. The number of carbonyl (C=O) groups excluding carboxylic acids is 1. The van der Waals surface area contributed by atoms with E-state index in [-0.39, 0.29) is 10.8 Å². The van der Waals surface area contributed by atoms with Crippen LogP contribution in [0.5, 0.6) is 0 Å². The maximum Gasteiger partial charge on any atom is 0.257 e. The van der Waals surface area contributed by atoms with Crippen LogP contribution < -0.4 is 10.2 Å². The lowest BCUT2D eigenvalue weighted by molar-refractivity contribution is 0.102. The highest BCUT2D eigenvalue weighted by Gasteiger charge is 2.31. The fraction of sp³-hybridized carbons (Fsp3) is 0.500. The minimum atomic E-state index is -3.66. The lowest BCUT2D eigenvalue weighted by atomic mass is 10.1. The third-order valence-corrected chi connectivity index (χ3v) is 8.12. The van der Waals surface area contributed by atoms with Crippen molar-refractivity contribution in [1.29, 1.82) is 0 Å². The molecule has 9 heteroatoms. The molecule has 7 nitrogen and oxygen atoms in total. The molecule has 29 heavy (non-hydrogen) atoms. The van der Waals surface area contributed by atoms with Crippen molar-refractivity contribution >= 4 is 38.1 Å². The number of nitrogens with one attached hydrogen (secondary N) is 1. The smallest absolute Gasteiger partial charge is 0.257 e. The van der Waals surface area contributed by atoms with Crippen LogP contribution in [-0.4, -0.2) is 49.8 Å². The van der Waals surface area contributed by atoms with Crippen LogP contribution in [-0.2, 0) is 10.0 Å². The second-order valence-corrected chi connectivity index (χ2v) is 10.3. The number of anilines is 2. The first-order valence-corrected chi connectivity index (χ1v) is 12.5. The van der Waals surface area contributed by atoms with Gasteiger partial charge in [-0.2, -0.15) is 4.31 Å². The number of hydrogen-bond acceptors (Lipinski definition) is 6. The summed E-state index contributed by atoms with van der Waals surface area (Å²) in [5, 5.41) is 5.02. The van der Waals surface area contributed by atoms with Crippen molar-refractivity contribution in [3.8, 4) is 0 Å². The Labute approximate surface area is 175 Å². The van der Waals surface area contributed by atoms with E-state index in [0.717, 1.165) is 45.2 Å². The van der Waals surface area contributed by atoms with Gasteiger partial charge in [-0.3, -0.25) is 10.1 Å². The van der Waals surface area contributed by atoms with Crippen LogP contribution in [0.25, 0.3) is 0 Å². The first kappa shape index (κ1) is 20.3. The molecule has 0 atom stereocenters. The fourth-order valence-corrected chi connectivity index (χ4v) is 6.24. The summed E-state index contributed by atoms with van der Waals surface area (Å²) in [7, 11) is -3.66. The highest BCUT2D eigenvalue weighted by Crippen LogP contribution is 2.32. The number of aromatic nitrogens is 1. The number of hydrogen-bond donors (Lipinski definition) is 1. The van der Waals surface area contributed by atoms with Crippen LogP contribution in [0, 0.1) is 0 Å². The minimum absolute atomic E-state index is 0.244. The number of carbonyl (C=O) groups is 1. The Morgan fingerprint density at radius 1 is 1.00 bits per heavy atom. The number of benzene rings is 1. The Morgan fingerprint density at radius 2 is 1.69 bits per heavy atom. The van der Waals surface area contributed by atoms with Crippen molar-refractivity contribution in [3.63, 3.8) is 0 Å². The topological polar surface area (TPSA) is 82.6 Å². The van der Waals surface area contributed by atoms with Gasteiger partial charge in [0, 0.05) is 43.3 Å². The van der Waals surface area contributed by atoms with Crippen molar-refractivity contribution in [2.45, 2.75) is 43.4 Å². The van der Waals surface area contributed by atoms with Gasteiger partial charge < -0.3 is 4.90 Å². The van der Waals surface area contributed by atoms with E-state index in [4.69, 9.17) is 0 Å². The highest BCUT2D eigenvalue weighted by molar-refractivity contribution is 7.89. The molecule has 2 saturated heterocycles. The SMILES string of the molecule is O=C(Nc1nccs1)c1ccc(N2CCCCC2)c(S(=O)(=O)N2CCCCC2)c1. The molecule has 3 heterocycles. The van der Waals surface area contributed by atoms with Crippen molar-refractivity contribution in [2.24, 2.45) is 0 Å². The standard InChI is InChI=1S/C20H26N4O3S2/c25-19(22-20-21-9-14-28-20)16-7-8-17(23-10-3-1-4-11-23)18(15-16)29(26,27)24-12-5-2-6-13-24/h7-9,14-15H,1-6,10-13H2,(H,21,22,25). The summed E-state index contributed by atoms with van der Waals surface area (Å²) in [5.74, 6) is -0.347. The third kappa shape index (κ3) is 4.46. The van der Waals surface area contributed by atoms with Crippen LogP contribution in [0.2, 0.25) is 0 Å². The van der Waals surface area contributed by atoms with Crippen molar-refractivity contribution in [1.82, 2.24) is 9.29 Å². The molecule has 4 rings (SSSR count). The first-order valence-electron chi connectivity index (χ1n) is 10.2. The highest BCUT2D eigenvalue weighted by atomic mass is 32.2. The van der Waals surface area contributed by atoms with Gasteiger partial charge in [0.15, 0.2) is 5.13 Å². The largest absolute Gasteiger partial charge is 0.370 e. The van der Waals surface area contributed by atoms with Crippen molar-refractivity contribution in [3.05, 3.63) is 35.3 Å². The summed E-state index contributed by atoms with van der Waals surface area (Å²) >= 11 is 1.33. The summed E-state index contributed by atoms with van der Waals surface area (Å²) in [6, 6.07) is 5.04. The second-order valence-electron chi connectivity index (χ2n) is 7.49. The Bertz CT molecular complexity index is 948. The van der Waals surface area contributed by atoms with Crippen LogP contribution in [0.4, 0.5) is 10.8 Å². The predicted octanol–water partition coefficient (Wildman–Crippen LogP) is 3.56. The van der Waals surface area contributed by atoms with Crippen LogP contribution in [0.15, 0.2) is 34.7 Å². The number of piperidine rings is 2.